The Morgan fingerprint density at radius 2 is 2.00 bits per heavy atom. The lowest BCUT2D eigenvalue weighted by molar-refractivity contribution is -0.171. The predicted octanol–water partition coefficient (Wildman–Crippen LogP) is 1.55. The van der Waals surface area contributed by atoms with Crippen LogP contribution in [0, 0.1) is 11.7 Å². The number of benzene rings is 1. The number of aromatic nitrogens is 1. The van der Waals surface area contributed by atoms with E-state index in [1.807, 2.05) is 30.3 Å². The van der Waals surface area contributed by atoms with Gasteiger partial charge in [0, 0.05) is 12.7 Å². The number of amides is 2. The molecule has 2 amide bonds. The highest BCUT2D eigenvalue weighted by Gasteiger charge is 2.57. The van der Waals surface area contributed by atoms with E-state index in [4.69, 9.17) is 22.1 Å². The molecule has 1 unspecified atom stereocenters. The van der Waals surface area contributed by atoms with E-state index in [2.05, 4.69) is 4.98 Å². The van der Waals surface area contributed by atoms with Gasteiger partial charge in [0.2, 0.25) is 5.91 Å². The molecule has 0 radical (unpaired) electrons. The number of piperazine rings is 1. The lowest BCUT2D eigenvalue weighted by Gasteiger charge is -2.52. The number of pyridine rings is 1. The fourth-order valence-corrected chi connectivity index (χ4v) is 3.62. The lowest BCUT2D eigenvalue weighted by Crippen LogP contribution is -2.78. The minimum atomic E-state index is -1.66. The quantitative estimate of drug-likeness (QED) is 0.835. The van der Waals surface area contributed by atoms with Crippen LogP contribution in [0.1, 0.15) is 5.56 Å². The van der Waals surface area contributed by atoms with E-state index in [0.717, 1.165) is 16.5 Å². The molecule has 2 saturated heterocycles. The second kappa shape index (κ2) is 7.12. The normalized spacial score (nSPS) is 23.1. The number of anilines is 1. The number of hydrogen-bond acceptors (Lipinski definition) is 5. The Bertz CT molecular complexity index is 925. The first-order valence-corrected chi connectivity index (χ1v) is 9.13. The van der Waals surface area contributed by atoms with E-state index >= 15 is 0 Å². The van der Waals surface area contributed by atoms with Crippen molar-refractivity contribution in [3.05, 3.63) is 59.0 Å². The third-order valence-electron chi connectivity index (χ3n) is 5.12. The highest BCUT2D eigenvalue weighted by molar-refractivity contribution is 6.30. The van der Waals surface area contributed by atoms with E-state index in [9.17, 15) is 14.0 Å². The van der Waals surface area contributed by atoms with Crippen molar-refractivity contribution >= 4 is 29.2 Å². The molecule has 3 heterocycles. The van der Waals surface area contributed by atoms with Gasteiger partial charge in [-0.25, -0.2) is 9.37 Å². The fourth-order valence-electron chi connectivity index (χ4n) is 3.48. The zero-order valence-electron chi connectivity index (χ0n) is 14.8. The molecule has 2 fully saturated rings. The van der Waals surface area contributed by atoms with E-state index in [-0.39, 0.29) is 37.1 Å². The fraction of sp³-hybridized carbons (Fsp3) is 0.316. The van der Waals surface area contributed by atoms with E-state index < -0.39 is 29.2 Å². The number of carbonyl (C=O) groups is 2. The molecule has 1 aromatic carbocycles. The number of rotatable bonds is 4. The number of halogens is 2. The Hall–Kier alpha value is -2.55. The molecule has 28 heavy (non-hydrogen) atoms. The summed E-state index contributed by atoms with van der Waals surface area (Å²) in [5.74, 6) is -2.44. The van der Waals surface area contributed by atoms with Crippen LogP contribution < -0.4 is 10.6 Å². The minimum Gasteiger partial charge on any atom is -0.380 e. The van der Waals surface area contributed by atoms with Gasteiger partial charge in [0.05, 0.1) is 24.2 Å². The molecule has 1 aromatic heterocycles. The smallest absolute Gasteiger partial charge is 0.270 e. The standard InChI is InChI=1S/C19H18ClFN4O3/c20-14-6-15(21)17(23-7-14)24-9-16(26)25(8-12-4-2-1-3-5-12)19(22,18(24)27)13-10-28-11-13/h1-7,13H,8-11,22H2. The molecule has 2 aliphatic heterocycles. The van der Waals surface area contributed by atoms with Gasteiger partial charge in [-0.15, -0.1) is 0 Å². The Labute approximate surface area is 165 Å². The van der Waals surface area contributed by atoms with Gasteiger partial charge in [-0.2, -0.15) is 0 Å². The van der Waals surface area contributed by atoms with Crippen LogP contribution in [0.15, 0.2) is 42.6 Å². The summed E-state index contributed by atoms with van der Waals surface area (Å²) in [6, 6.07) is 10.3. The molecule has 2 N–H and O–H groups in total. The first kappa shape index (κ1) is 18.8. The molecule has 1 atom stereocenters. The Morgan fingerprint density at radius 3 is 2.61 bits per heavy atom. The van der Waals surface area contributed by atoms with Gasteiger partial charge in [0.25, 0.3) is 5.91 Å². The van der Waals surface area contributed by atoms with Crippen LogP contribution in [-0.4, -0.2) is 47.1 Å². The third-order valence-corrected chi connectivity index (χ3v) is 5.32. The molecule has 2 aromatic rings. The Balaban J connectivity index is 1.73. The van der Waals surface area contributed by atoms with E-state index in [1.165, 1.54) is 11.1 Å². The van der Waals surface area contributed by atoms with Gasteiger partial charge in [-0.05, 0) is 11.6 Å². The summed E-state index contributed by atoms with van der Waals surface area (Å²) in [5.41, 5.74) is 5.74. The molecular weight excluding hydrogens is 387 g/mol. The average Bonchev–Trinajstić information content (AvgIpc) is 2.62. The van der Waals surface area contributed by atoms with Crippen LogP contribution in [0.25, 0.3) is 0 Å². The maximum atomic E-state index is 14.4. The summed E-state index contributed by atoms with van der Waals surface area (Å²) in [5, 5.41) is 0.0918. The van der Waals surface area contributed by atoms with Crippen LogP contribution >= 0.6 is 11.6 Å². The number of nitrogens with zero attached hydrogens (tertiary/aromatic N) is 3. The zero-order chi connectivity index (χ0) is 19.9. The van der Waals surface area contributed by atoms with Gasteiger partial charge < -0.3 is 15.4 Å². The molecule has 7 nitrogen and oxygen atoms in total. The van der Waals surface area contributed by atoms with Crippen LogP contribution in [0.3, 0.4) is 0 Å². The Morgan fingerprint density at radius 1 is 1.29 bits per heavy atom. The van der Waals surface area contributed by atoms with E-state index in [1.54, 1.807) is 0 Å². The highest BCUT2D eigenvalue weighted by Crippen LogP contribution is 2.35. The van der Waals surface area contributed by atoms with Crippen molar-refractivity contribution in [2.24, 2.45) is 11.7 Å². The van der Waals surface area contributed by atoms with Gasteiger partial charge in [-0.3, -0.25) is 14.5 Å². The maximum absolute atomic E-state index is 14.4. The number of hydrogen-bond donors (Lipinski definition) is 1. The maximum Gasteiger partial charge on any atom is 0.270 e. The van der Waals surface area contributed by atoms with Crippen molar-refractivity contribution in [2.45, 2.75) is 12.2 Å². The molecule has 146 valence electrons. The van der Waals surface area contributed by atoms with Crippen molar-refractivity contribution in [3.63, 3.8) is 0 Å². The average molecular weight is 405 g/mol. The molecule has 0 bridgehead atoms. The lowest BCUT2D eigenvalue weighted by atomic mass is 9.86. The molecule has 2 aliphatic rings. The SMILES string of the molecule is NC1(C2COC2)C(=O)N(c2ncc(Cl)cc2F)CC(=O)N1Cc1ccccc1. The van der Waals surface area contributed by atoms with Crippen molar-refractivity contribution in [1.29, 1.82) is 0 Å². The van der Waals surface area contributed by atoms with Gasteiger partial charge in [-0.1, -0.05) is 41.9 Å². The summed E-state index contributed by atoms with van der Waals surface area (Å²) in [7, 11) is 0. The summed E-state index contributed by atoms with van der Waals surface area (Å²) in [6.45, 7) is 0.295. The van der Waals surface area contributed by atoms with Crippen molar-refractivity contribution < 1.29 is 18.7 Å². The minimum absolute atomic E-state index is 0.0918. The zero-order valence-corrected chi connectivity index (χ0v) is 15.6. The highest BCUT2D eigenvalue weighted by atomic mass is 35.5. The second-order valence-corrected chi connectivity index (χ2v) is 7.31. The molecule has 0 aliphatic carbocycles. The van der Waals surface area contributed by atoms with Crippen molar-refractivity contribution in [1.82, 2.24) is 9.88 Å². The molecule has 0 spiro atoms. The Kier molecular flexibility index (Phi) is 4.78. The molecule has 0 saturated carbocycles. The van der Waals surface area contributed by atoms with Crippen LogP contribution in [0.5, 0.6) is 0 Å². The number of nitrogens with two attached hydrogens (primary N) is 1. The molecule has 9 heteroatoms. The van der Waals surface area contributed by atoms with Crippen LogP contribution in [0.2, 0.25) is 5.02 Å². The number of ether oxygens (including phenoxy) is 1. The molecule has 4 rings (SSSR count). The first-order valence-electron chi connectivity index (χ1n) is 8.75. The van der Waals surface area contributed by atoms with Gasteiger partial charge >= 0.3 is 0 Å². The van der Waals surface area contributed by atoms with Crippen molar-refractivity contribution in [3.8, 4) is 0 Å². The van der Waals surface area contributed by atoms with Gasteiger partial charge in [0.15, 0.2) is 17.3 Å². The first-order chi connectivity index (χ1) is 13.4. The van der Waals surface area contributed by atoms with Crippen molar-refractivity contribution in [2.75, 3.05) is 24.7 Å². The predicted molar refractivity (Wildman–Crippen MR) is 99.8 cm³/mol. The second-order valence-electron chi connectivity index (χ2n) is 6.88. The summed E-state index contributed by atoms with van der Waals surface area (Å²) in [4.78, 5) is 32.6. The largest absolute Gasteiger partial charge is 0.380 e. The van der Waals surface area contributed by atoms with E-state index in [0.29, 0.717) is 0 Å². The molecular formula is C19H18ClFN4O3. The summed E-state index contributed by atoms with van der Waals surface area (Å²) >= 11 is 5.75. The topological polar surface area (TPSA) is 88.8 Å². The van der Waals surface area contributed by atoms with Crippen LogP contribution in [-0.2, 0) is 20.9 Å². The third kappa shape index (κ3) is 3.03. The monoisotopic (exact) mass is 404 g/mol. The van der Waals surface area contributed by atoms with Crippen LogP contribution in [0.4, 0.5) is 10.2 Å². The summed E-state index contributed by atoms with van der Waals surface area (Å²) in [6.07, 6.45) is 1.22. The van der Waals surface area contributed by atoms with Gasteiger partial charge in [0.1, 0.15) is 6.54 Å². The summed E-state index contributed by atoms with van der Waals surface area (Å²) < 4.78 is 19.6. The number of carbonyl (C=O) groups excluding carboxylic acids is 2.